The van der Waals surface area contributed by atoms with Crippen LogP contribution in [0.2, 0.25) is 0 Å². The van der Waals surface area contributed by atoms with E-state index in [0.29, 0.717) is 41.9 Å². The van der Waals surface area contributed by atoms with E-state index in [-0.39, 0.29) is 16.2 Å². The number of hydrogen-bond acceptors (Lipinski definition) is 3. The zero-order valence-electron chi connectivity index (χ0n) is 21.7. The Morgan fingerprint density at radius 3 is 2.39 bits per heavy atom. The normalized spacial score (nSPS) is 50.3. The molecule has 3 heteroatoms. The number of aliphatic imine (C=N–C) groups is 1. The molecule has 9 unspecified atom stereocenters. The van der Waals surface area contributed by atoms with Crippen molar-refractivity contribution < 1.29 is 9.59 Å². The van der Waals surface area contributed by atoms with Gasteiger partial charge in [0.15, 0.2) is 0 Å². The molecule has 0 saturated heterocycles. The molecule has 0 N–H and O–H groups in total. The molecule has 0 aromatic carbocycles. The number of hydrogen-bond donors (Lipinski definition) is 0. The van der Waals surface area contributed by atoms with Gasteiger partial charge < -0.3 is 0 Å². The van der Waals surface area contributed by atoms with Crippen molar-refractivity contribution in [3.63, 3.8) is 0 Å². The Kier molecular flexibility index (Phi) is 5.45. The monoisotopic (exact) mass is 451 g/mol. The van der Waals surface area contributed by atoms with Crippen LogP contribution >= 0.6 is 0 Å². The van der Waals surface area contributed by atoms with E-state index in [4.69, 9.17) is 0 Å². The third-order valence-corrected chi connectivity index (χ3v) is 12.8. The molecule has 3 nitrogen and oxygen atoms in total. The van der Waals surface area contributed by atoms with Crippen molar-refractivity contribution in [2.75, 3.05) is 6.54 Å². The van der Waals surface area contributed by atoms with Gasteiger partial charge in [-0.1, -0.05) is 39.8 Å². The van der Waals surface area contributed by atoms with E-state index in [0.717, 1.165) is 30.6 Å². The van der Waals surface area contributed by atoms with E-state index in [1.807, 2.05) is 6.08 Å². The molecule has 5 saturated carbocycles. The van der Waals surface area contributed by atoms with Gasteiger partial charge in [0, 0.05) is 11.8 Å². The highest BCUT2D eigenvalue weighted by Crippen LogP contribution is 2.75. The lowest BCUT2D eigenvalue weighted by molar-refractivity contribution is -0.227. The van der Waals surface area contributed by atoms with Crippen LogP contribution in [0.4, 0.5) is 0 Å². The van der Waals surface area contributed by atoms with Crippen molar-refractivity contribution in [2.24, 2.45) is 62.2 Å². The summed E-state index contributed by atoms with van der Waals surface area (Å²) in [6, 6.07) is 0. The number of fused-ring (bicyclic) bond motifs is 7. The predicted octanol–water partition coefficient (Wildman–Crippen LogP) is 7.16. The lowest BCUT2D eigenvalue weighted by Gasteiger charge is -2.71. The maximum Gasteiger partial charge on any atom is 0.234 e. The largest absolute Gasteiger partial charge is 0.299 e. The number of ketones is 1. The fourth-order valence-corrected chi connectivity index (χ4v) is 11.1. The van der Waals surface area contributed by atoms with E-state index in [1.165, 1.54) is 50.5 Å². The summed E-state index contributed by atoms with van der Waals surface area (Å²) in [7, 11) is 0. The molecule has 0 aliphatic heterocycles. The van der Waals surface area contributed by atoms with Gasteiger partial charge in [0.1, 0.15) is 5.78 Å². The maximum absolute atomic E-state index is 13.0. The van der Waals surface area contributed by atoms with Crippen molar-refractivity contribution in [1.82, 2.24) is 0 Å². The first-order chi connectivity index (χ1) is 15.5. The molecular formula is C30H45NO2. The van der Waals surface area contributed by atoms with Gasteiger partial charge in [-0.15, -0.1) is 0 Å². The van der Waals surface area contributed by atoms with Gasteiger partial charge in [-0.3, -0.25) is 4.79 Å². The van der Waals surface area contributed by atoms with Crippen molar-refractivity contribution >= 4 is 11.9 Å². The first-order valence-corrected chi connectivity index (χ1v) is 13.8. The van der Waals surface area contributed by atoms with Gasteiger partial charge >= 0.3 is 0 Å². The third kappa shape index (κ3) is 2.96. The minimum atomic E-state index is -0.316. The molecule has 33 heavy (non-hydrogen) atoms. The summed E-state index contributed by atoms with van der Waals surface area (Å²) in [6.45, 7) is 16.9. The van der Waals surface area contributed by atoms with Crippen LogP contribution in [0, 0.1) is 57.2 Å². The number of nitrogens with zero attached hydrogens (tertiary/aromatic N) is 1. The molecule has 5 aliphatic rings. The summed E-state index contributed by atoms with van der Waals surface area (Å²) in [5.74, 6) is 4.46. The summed E-state index contributed by atoms with van der Waals surface area (Å²) in [6.07, 6.45) is 13.7. The number of carbonyl (C=O) groups is 1. The Bertz CT molecular complexity index is 899. The van der Waals surface area contributed by atoms with Crippen LogP contribution in [0.1, 0.15) is 98.8 Å². The summed E-state index contributed by atoms with van der Waals surface area (Å²) >= 11 is 0. The van der Waals surface area contributed by atoms with Crippen LogP contribution < -0.4 is 0 Å². The van der Waals surface area contributed by atoms with Crippen molar-refractivity contribution in [3.05, 3.63) is 12.2 Å². The lowest BCUT2D eigenvalue weighted by Crippen LogP contribution is -2.67. The number of rotatable bonds is 3. The van der Waals surface area contributed by atoms with Gasteiger partial charge in [-0.05, 0) is 116 Å². The highest BCUT2D eigenvalue weighted by Gasteiger charge is 2.70. The first-order valence-electron chi connectivity index (χ1n) is 13.8. The van der Waals surface area contributed by atoms with Crippen molar-refractivity contribution in [1.29, 1.82) is 0 Å². The van der Waals surface area contributed by atoms with Gasteiger partial charge in [0.05, 0.1) is 6.54 Å². The molecule has 0 amide bonds. The van der Waals surface area contributed by atoms with E-state index < -0.39 is 0 Å². The quantitative estimate of drug-likeness (QED) is 0.260. The Balaban J connectivity index is 1.58. The zero-order valence-corrected chi connectivity index (χ0v) is 21.7. The SMILES string of the molecule is C=C(C)C1CCC2CCC3(C)C(CCC4C5(CN=C=O)CCC(=O)C(C)(C)C5CCC43C)C21. The Morgan fingerprint density at radius 1 is 0.970 bits per heavy atom. The molecule has 0 bridgehead atoms. The number of isocyanates is 1. The van der Waals surface area contributed by atoms with Gasteiger partial charge in [-0.2, -0.15) is 0 Å². The summed E-state index contributed by atoms with van der Waals surface area (Å²) in [4.78, 5) is 28.6. The topological polar surface area (TPSA) is 46.5 Å². The molecular weight excluding hydrogens is 406 g/mol. The number of Topliss-reactive ketones (excluding diaryl/α,β-unsaturated/α-hetero) is 1. The third-order valence-electron chi connectivity index (χ3n) is 12.8. The molecule has 0 aromatic heterocycles. The molecule has 182 valence electrons. The molecule has 5 fully saturated rings. The molecule has 0 aromatic rings. The average Bonchev–Trinajstić information content (AvgIpc) is 3.20. The molecule has 5 aliphatic carbocycles. The van der Waals surface area contributed by atoms with Crippen LogP contribution in [-0.2, 0) is 9.59 Å². The van der Waals surface area contributed by atoms with Crippen molar-refractivity contribution in [3.8, 4) is 0 Å². The fourth-order valence-electron chi connectivity index (χ4n) is 11.1. The average molecular weight is 452 g/mol. The summed E-state index contributed by atoms with van der Waals surface area (Å²) in [5.41, 5.74) is 1.63. The maximum atomic E-state index is 13.0. The predicted molar refractivity (Wildman–Crippen MR) is 132 cm³/mol. The zero-order chi connectivity index (χ0) is 23.8. The van der Waals surface area contributed by atoms with Gasteiger partial charge in [0.2, 0.25) is 6.08 Å². The van der Waals surface area contributed by atoms with Crippen LogP contribution in [0.25, 0.3) is 0 Å². The van der Waals surface area contributed by atoms with Crippen molar-refractivity contribution in [2.45, 2.75) is 98.8 Å². The first kappa shape index (κ1) is 23.5. The van der Waals surface area contributed by atoms with Crippen LogP contribution in [-0.4, -0.2) is 18.4 Å². The molecule has 0 spiro atoms. The van der Waals surface area contributed by atoms with E-state index >= 15 is 0 Å². The highest BCUT2D eigenvalue weighted by molar-refractivity contribution is 5.85. The minimum absolute atomic E-state index is 0.0317. The Hall–Kier alpha value is -1.21. The Labute approximate surface area is 201 Å². The van der Waals surface area contributed by atoms with Crippen LogP contribution in [0.3, 0.4) is 0 Å². The molecule has 9 atom stereocenters. The second kappa shape index (κ2) is 7.64. The smallest absolute Gasteiger partial charge is 0.234 e. The van der Waals surface area contributed by atoms with E-state index in [2.05, 4.69) is 46.2 Å². The molecule has 0 radical (unpaired) electrons. The summed E-state index contributed by atoms with van der Waals surface area (Å²) in [5, 5.41) is 0. The number of carbonyl (C=O) groups excluding carboxylic acids is 2. The highest BCUT2D eigenvalue weighted by atomic mass is 16.1. The van der Waals surface area contributed by atoms with E-state index in [1.54, 1.807) is 0 Å². The minimum Gasteiger partial charge on any atom is -0.299 e. The molecule has 5 rings (SSSR count). The lowest BCUT2D eigenvalue weighted by atomic mass is 9.33. The van der Waals surface area contributed by atoms with Gasteiger partial charge in [-0.25, -0.2) is 9.79 Å². The summed E-state index contributed by atoms with van der Waals surface area (Å²) < 4.78 is 0. The second-order valence-corrected chi connectivity index (χ2v) is 13.9. The van der Waals surface area contributed by atoms with Crippen LogP contribution in [0.5, 0.6) is 0 Å². The van der Waals surface area contributed by atoms with E-state index in [9.17, 15) is 9.59 Å². The fraction of sp³-hybridized carbons (Fsp3) is 0.867. The number of allylic oxidation sites excluding steroid dienone is 1. The second-order valence-electron chi connectivity index (χ2n) is 13.9. The Morgan fingerprint density at radius 2 is 1.70 bits per heavy atom. The standard InChI is InChI=1S/C30H45NO2/c1-19(2)21-8-7-20-11-14-28(5)22(26(20)21)9-10-24-29(28,6)15-12-23-27(3,4)25(33)13-16-30(23,24)17-31-18-32/h20-24,26H,1,7-17H2,2-6H3. The molecule has 0 heterocycles. The van der Waals surface area contributed by atoms with Crippen LogP contribution in [0.15, 0.2) is 17.1 Å². The van der Waals surface area contributed by atoms with Gasteiger partial charge in [0.25, 0.3) is 0 Å².